The first-order valence-corrected chi connectivity index (χ1v) is 8.53. The van der Waals surface area contributed by atoms with Crippen LogP contribution >= 0.6 is 23.2 Å². The lowest BCUT2D eigenvalue weighted by molar-refractivity contribution is 0.0846. The van der Waals surface area contributed by atoms with Crippen molar-refractivity contribution in [2.45, 2.75) is 0 Å². The van der Waals surface area contributed by atoms with Crippen LogP contribution in [0, 0.1) is 0 Å². The second-order valence-electron chi connectivity index (χ2n) is 5.32. The lowest BCUT2D eigenvalue weighted by atomic mass is 10.2. The number of nitrogens with one attached hydrogen (secondary N) is 2. The molecule has 8 heteroatoms. The van der Waals surface area contributed by atoms with E-state index in [4.69, 9.17) is 27.9 Å². The number of pyridine rings is 1. The van der Waals surface area contributed by atoms with Gasteiger partial charge in [-0.05, 0) is 48.5 Å². The van der Waals surface area contributed by atoms with Gasteiger partial charge < -0.3 is 4.74 Å². The smallest absolute Gasteiger partial charge is 0.271 e. The number of hydrazine groups is 1. The molecule has 0 unspecified atom stereocenters. The van der Waals surface area contributed by atoms with Crippen LogP contribution in [0.15, 0.2) is 67.0 Å². The van der Waals surface area contributed by atoms with E-state index in [1.807, 2.05) is 0 Å². The molecule has 0 fully saturated rings. The van der Waals surface area contributed by atoms with Gasteiger partial charge in [0.25, 0.3) is 11.8 Å². The molecule has 1 aromatic heterocycles. The van der Waals surface area contributed by atoms with E-state index >= 15 is 0 Å². The highest BCUT2D eigenvalue weighted by Crippen LogP contribution is 2.25. The third kappa shape index (κ3) is 4.75. The average molecular weight is 402 g/mol. The first kappa shape index (κ1) is 18.7. The molecular formula is C19H13Cl2N3O3. The minimum absolute atomic E-state index is 0.114. The summed E-state index contributed by atoms with van der Waals surface area (Å²) in [4.78, 5) is 28.2. The molecule has 0 radical (unpaired) electrons. The molecule has 0 saturated heterocycles. The van der Waals surface area contributed by atoms with E-state index < -0.39 is 11.8 Å². The highest BCUT2D eigenvalue weighted by Gasteiger charge is 2.14. The van der Waals surface area contributed by atoms with Crippen molar-refractivity contribution in [3.63, 3.8) is 0 Å². The van der Waals surface area contributed by atoms with E-state index in [1.54, 1.807) is 60.9 Å². The molecule has 0 aliphatic rings. The van der Waals surface area contributed by atoms with Crippen molar-refractivity contribution in [3.05, 3.63) is 88.2 Å². The molecule has 27 heavy (non-hydrogen) atoms. The molecule has 6 nitrogen and oxygen atoms in total. The van der Waals surface area contributed by atoms with Gasteiger partial charge in [-0.25, -0.2) is 0 Å². The zero-order valence-electron chi connectivity index (χ0n) is 13.8. The van der Waals surface area contributed by atoms with E-state index in [0.29, 0.717) is 17.1 Å². The van der Waals surface area contributed by atoms with Gasteiger partial charge in [0.1, 0.15) is 11.5 Å². The van der Waals surface area contributed by atoms with Crippen LogP contribution in [0.5, 0.6) is 11.5 Å². The summed E-state index contributed by atoms with van der Waals surface area (Å²) < 4.78 is 5.62. The summed E-state index contributed by atoms with van der Waals surface area (Å²) in [6.07, 6.45) is 3.23. The Labute approximate surface area is 165 Å². The molecular weight excluding hydrogens is 389 g/mol. The largest absolute Gasteiger partial charge is 0.457 e. The fourth-order valence-corrected chi connectivity index (χ4v) is 2.54. The quantitative estimate of drug-likeness (QED) is 0.640. The monoisotopic (exact) mass is 401 g/mol. The lowest BCUT2D eigenvalue weighted by Crippen LogP contribution is -2.41. The second kappa shape index (κ2) is 8.53. The number of hydrogen-bond donors (Lipinski definition) is 2. The summed E-state index contributed by atoms with van der Waals surface area (Å²) in [7, 11) is 0. The highest BCUT2D eigenvalue weighted by atomic mass is 35.5. The molecule has 2 N–H and O–H groups in total. The van der Waals surface area contributed by atoms with E-state index in [0.717, 1.165) is 0 Å². The Morgan fingerprint density at radius 3 is 2.15 bits per heavy atom. The van der Waals surface area contributed by atoms with Gasteiger partial charge in [0.05, 0.1) is 15.6 Å². The number of rotatable bonds is 4. The normalized spacial score (nSPS) is 10.1. The van der Waals surface area contributed by atoms with E-state index in [2.05, 4.69) is 15.8 Å². The summed E-state index contributed by atoms with van der Waals surface area (Å²) in [5, 5.41) is 0.365. The molecule has 3 rings (SSSR count). The molecule has 3 aromatic rings. The van der Waals surface area contributed by atoms with Crippen LogP contribution in [0.2, 0.25) is 10.0 Å². The molecule has 0 atom stereocenters. The Morgan fingerprint density at radius 2 is 1.44 bits per heavy atom. The number of carbonyl (C=O) groups excluding carboxylic acids is 2. The molecule has 0 aliphatic carbocycles. The topological polar surface area (TPSA) is 80.3 Å². The predicted octanol–water partition coefficient (Wildman–Crippen LogP) is 4.26. The standard InChI is InChI=1S/C19H13Cl2N3O3/c20-16-3-1-2-15(17(16)21)19(26)24-23-18(25)12-4-6-13(7-5-12)27-14-8-10-22-11-9-14/h1-11H,(H,23,25)(H,24,26). The van der Waals surface area contributed by atoms with Gasteiger partial charge in [-0.15, -0.1) is 0 Å². The number of hydrogen-bond acceptors (Lipinski definition) is 4. The Hall–Kier alpha value is -3.09. The number of nitrogens with zero attached hydrogens (tertiary/aromatic N) is 1. The Kier molecular flexibility index (Phi) is 5.90. The molecule has 136 valence electrons. The number of aromatic nitrogens is 1. The fraction of sp³-hybridized carbons (Fsp3) is 0. The molecule has 0 bridgehead atoms. The SMILES string of the molecule is O=C(NNC(=O)c1cccc(Cl)c1Cl)c1ccc(Oc2ccncc2)cc1. The van der Waals surface area contributed by atoms with Crippen LogP contribution in [-0.2, 0) is 0 Å². The first-order valence-electron chi connectivity index (χ1n) is 7.77. The van der Waals surface area contributed by atoms with Crippen LogP contribution in [0.3, 0.4) is 0 Å². The highest BCUT2D eigenvalue weighted by molar-refractivity contribution is 6.43. The summed E-state index contributed by atoms with van der Waals surface area (Å²) in [5.74, 6) is 0.130. The van der Waals surface area contributed by atoms with Crippen LogP contribution in [0.1, 0.15) is 20.7 Å². The number of amides is 2. The predicted molar refractivity (Wildman–Crippen MR) is 102 cm³/mol. The summed E-state index contributed by atoms with van der Waals surface area (Å²) >= 11 is 11.9. The third-order valence-corrected chi connectivity index (χ3v) is 4.31. The van der Waals surface area contributed by atoms with Gasteiger partial charge in [0.15, 0.2) is 0 Å². The summed E-state index contributed by atoms with van der Waals surface area (Å²) in [6.45, 7) is 0. The number of ether oxygens (including phenoxy) is 1. The van der Waals surface area contributed by atoms with Gasteiger partial charge in [-0.2, -0.15) is 0 Å². The minimum atomic E-state index is -0.575. The molecule has 2 amide bonds. The lowest BCUT2D eigenvalue weighted by Gasteiger charge is -2.10. The van der Waals surface area contributed by atoms with E-state index in [-0.39, 0.29) is 15.6 Å². The van der Waals surface area contributed by atoms with Crippen LogP contribution in [0.4, 0.5) is 0 Å². The van der Waals surface area contributed by atoms with Gasteiger partial charge >= 0.3 is 0 Å². The van der Waals surface area contributed by atoms with E-state index in [9.17, 15) is 9.59 Å². The van der Waals surface area contributed by atoms with Crippen molar-refractivity contribution in [2.24, 2.45) is 0 Å². The molecule has 2 aromatic carbocycles. The van der Waals surface area contributed by atoms with Gasteiger partial charge in [0.2, 0.25) is 0 Å². The summed E-state index contributed by atoms with van der Waals surface area (Å²) in [5.41, 5.74) is 5.12. The number of carbonyl (C=O) groups is 2. The fourth-order valence-electron chi connectivity index (χ4n) is 2.15. The van der Waals surface area contributed by atoms with Crippen molar-refractivity contribution < 1.29 is 14.3 Å². The maximum atomic E-state index is 12.2. The van der Waals surface area contributed by atoms with Crippen molar-refractivity contribution in [1.82, 2.24) is 15.8 Å². The average Bonchev–Trinajstić information content (AvgIpc) is 2.69. The van der Waals surface area contributed by atoms with Gasteiger partial charge in [-0.1, -0.05) is 29.3 Å². The summed E-state index contributed by atoms with van der Waals surface area (Å²) in [6, 6.07) is 14.5. The zero-order valence-corrected chi connectivity index (χ0v) is 15.3. The van der Waals surface area contributed by atoms with Crippen molar-refractivity contribution in [3.8, 4) is 11.5 Å². The molecule has 1 heterocycles. The number of halogens is 2. The van der Waals surface area contributed by atoms with Crippen LogP contribution in [-0.4, -0.2) is 16.8 Å². The zero-order chi connectivity index (χ0) is 19.2. The van der Waals surface area contributed by atoms with Crippen molar-refractivity contribution in [2.75, 3.05) is 0 Å². The van der Waals surface area contributed by atoms with Crippen molar-refractivity contribution >= 4 is 35.0 Å². The molecule has 0 spiro atoms. The third-order valence-electron chi connectivity index (χ3n) is 3.49. The number of benzene rings is 2. The van der Waals surface area contributed by atoms with E-state index in [1.165, 1.54) is 6.07 Å². The maximum Gasteiger partial charge on any atom is 0.271 e. The Morgan fingerprint density at radius 1 is 0.815 bits per heavy atom. The van der Waals surface area contributed by atoms with Gasteiger partial charge in [-0.3, -0.25) is 25.4 Å². The van der Waals surface area contributed by atoms with Crippen LogP contribution < -0.4 is 15.6 Å². The van der Waals surface area contributed by atoms with Crippen LogP contribution in [0.25, 0.3) is 0 Å². The minimum Gasteiger partial charge on any atom is -0.457 e. The molecule has 0 saturated carbocycles. The van der Waals surface area contributed by atoms with Crippen molar-refractivity contribution in [1.29, 1.82) is 0 Å². The first-order chi connectivity index (χ1) is 13.0. The van der Waals surface area contributed by atoms with Gasteiger partial charge in [0, 0.05) is 18.0 Å². The second-order valence-corrected chi connectivity index (χ2v) is 6.10. The molecule has 0 aliphatic heterocycles. The Bertz CT molecular complexity index is 964. The Balaban J connectivity index is 1.59. The maximum absolute atomic E-state index is 12.2.